The van der Waals surface area contributed by atoms with Gasteiger partial charge in [-0.15, -0.1) is 0 Å². The van der Waals surface area contributed by atoms with Crippen LogP contribution in [0.15, 0.2) is 36.5 Å². The summed E-state index contributed by atoms with van der Waals surface area (Å²) in [5.41, 5.74) is 0. The highest BCUT2D eigenvalue weighted by atomic mass is 16.5. The molecule has 0 fully saturated rings. The quantitative estimate of drug-likeness (QED) is 0.0320. The zero-order valence-electron chi connectivity index (χ0n) is 61.1. The molecule has 0 aromatic heterocycles. The average Bonchev–Trinajstić information content (AvgIpc) is 3.71. The van der Waals surface area contributed by atoms with Crippen molar-refractivity contribution in [2.24, 2.45) is 0 Å². The van der Waals surface area contributed by atoms with Crippen LogP contribution in [0.3, 0.4) is 0 Å². The number of amides is 1. The van der Waals surface area contributed by atoms with Crippen molar-refractivity contribution in [3.05, 3.63) is 36.5 Å². The van der Waals surface area contributed by atoms with Crippen LogP contribution in [-0.4, -0.2) is 47.4 Å². The number of allylic oxidation sites excluding steroid dienone is 5. The number of rotatable bonds is 78. The molecule has 0 saturated heterocycles. The maximum Gasteiger partial charge on any atom is 0.305 e. The van der Waals surface area contributed by atoms with Crippen LogP contribution in [0.1, 0.15) is 463 Å². The summed E-state index contributed by atoms with van der Waals surface area (Å²) in [4.78, 5) is 24.7. The van der Waals surface area contributed by atoms with Crippen molar-refractivity contribution in [1.29, 1.82) is 0 Å². The van der Waals surface area contributed by atoms with Gasteiger partial charge in [0.05, 0.1) is 25.4 Å². The van der Waals surface area contributed by atoms with Gasteiger partial charge in [-0.1, -0.05) is 403 Å². The summed E-state index contributed by atoms with van der Waals surface area (Å²) in [5.74, 6) is -0.0420. The molecule has 1 amide bonds. The molecule has 0 heterocycles. The number of hydrogen-bond acceptors (Lipinski definition) is 5. The predicted molar refractivity (Wildman–Crippen MR) is 398 cm³/mol. The molecule has 0 aliphatic rings. The van der Waals surface area contributed by atoms with E-state index in [0.717, 1.165) is 44.9 Å². The first-order valence-electron chi connectivity index (χ1n) is 41.3. The van der Waals surface area contributed by atoms with E-state index in [0.29, 0.717) is 19.4 Å². The van der Waals surface area contributed by atoms with Gasteiger partial charge in [0.2, 0.25) is 5.91 Å². The van der Waals surface area contributed by atoms with Gasteiger partial charge in [-0.3, -0.25) is 9.59 Å². The van der Waals surface area contributed by atoms with E-state index in [2.05, 4.69) is 43.5 Å². The van der Waals surface area contributed by atoms with E-state index in [9.17, 15) is 19.8 Å². The predicted octanol–water partition coefficient (Wildman–Crippen LogP) is 27.4. The summed E-state index contributed by atoms with van der Waals surface area (Å²) in [6.45, 7) is 4.95. The molecule has 532 valence electrons. The molecule has 6 nitrogen and oxygen atoms in total. The number of nitrogens with one attached hydrogen (secondary N) is 1. The van der Waals surface area contributed by atoms with Gasteiger partial charge in [0.15, 0.2) is 0 Å². The van der Waals surface area contributed by atoms with Crippen LogP contribution in [0.5, 0.6) is 0 Å². The van der Waals surface area contributed by atoms with Crippen LogP contribution in [-0.2, 0) is 14.3 Å². The molecule has 3 N–H and O–H groups in total. The first-order chi connectivity index (χ1) is 44.5. The molecule has 6 heteroatoms. The van der Waals surface area contributed by atoms with Crippen molar-refractivity contribution in [3.63, 3.8) is 0 Å². The van der Waals surface area contributed by atoms with Gasteiger partial charge >= 0.3 is 5.97 Å². The Bertz CT molecular complexity index is 1460. The van der Waals surface area contributed by atoms with Crippen molar-refractivity contribution < 1.29 is 24.5 Å². The molecule has 0 aliphatic carbocycles. The van der Waals surface area contributed by atoms with E-state index in [4.69, 9.17) is 4.74 Å². The van der Waals surface area contributed by atoms with Gasteiger partial charge in [0, 0.05) is 12.8 Å². The molecule has 0 aliphatic heterocycles. The van der Waals surface area contributed by atoms with Gasteiger partial charge in [-0.05, 0) is 83.5 Å². The van der Waals surface area contributed by atoms with Gasteiger partial charge in [0.1, 0.15) is 0 Å². The average molecular weight is 1270 g/mol. The highest BCUT2D eigenvalue weighted by Gasteiger charge is 2.18. The van der Waals surface area contributed by atoms with Crippen LogP contribution in [0.25, 0.3) is 0 Å². The first kappa shape index (κ1) is 88.1. The Balaban J connectivity index is 3.35. The van der Waals surface area contributed by atoms with Gasteiger partial charge in [-0.25, -0.2) is 0 Å². The number of ether oxygens (including phenoxy) is 1. The molecule has 90 heavy (non-hydrogen) atoms. The molecular weight excluding hydrogens is 1100 g/mol. The SMILES string of the molecule is CCCCCCCCC/C=C\CCCCCCCCCC(=O)OCCCCCCCCCCCCCCCC/C=C\CCCCCCCCCCCCCCCCCCCC(=O)NC(CO)C(O)/C=C/CCCCCCCCCCCCCCCCCCCC. The Kier molecular flexibility index (Phi) is 77.8. The number of carbonyl (C=O) groups is 2. The van der Waals surface area contributed by atoms with E-state index >= 15 is 0 Å². The minimum atomic E-state index is -0.843. The monoisotopic (exact) mass is 1260 g/mol. The minimum absolute atomic E-state index is 0.0179. The Morgan fingerprint density at radius 1 is 0.300 bits per heavy atom. The summed E-state index contributed by atoms with van der Waals surface area (Å²) in [7, 11) is 0. The molecule has 0 spiro atoms. The minimum Gasteiger partial charge on any atom is -0.466 e. The molecule has 0 bridgehead atoms. The Morgan fingerprint density at radius 2 is 0.522 bits per heavy atom. The lowest BCUT2D eigenvalue weighted by molar-refractivity contribution is -0.143. The third-order valence-electron chi connectivity index (χ3n) is 19.4. The second kappa shape index (κ2) is 79.5. The molecule has 2 unspecified atom stereocenters. The fraction of sp³-hybridized carbons (Fsp3) is 0.905. The van der Waals surface area contributed by atoms with Crippen LogP contribution < -0.4 is 5.32 Å². The number of aliphatic hydroxyl groups is 2. The van der Waals surface area contributed by atoms with E-state index < -0.39 is 12.1 Å². The Hall–Kier alpha value is -1.92. The fourth-order valence-corrected chi connectivity index (χ4v) is 13.1. The van der Waals surface area contributed by atoms with Crippen LogP contribution in [0, 0.1) is 0 Å². The third-order valence-corrected chi connectivity index (χ3v) is 19.4. The fourth-order valence-electron chi connectivity index (χ4n) is 13.1. The van der Waals surface area contributed by atoms with E-state index in [1.54, 1.807) is 6.08 Å². The van der Waals surface area contributed by atoms with Gasteiger partial charge in [-0.2, -0.15) is 0 Å². The number of hydrogen-bond donors (Lipinski definition) is 3. The maximum absolute atomic E-state index is 12.5. The van der Waals surface area contributed by atoms with Crippen molar-refractivity contribution in [2.75, 3.05) is 13.2 Å². The molecule has 0 radical (unpaired) electrons. The normalized spacial score (nSPS) is 12.6. The van der Waals surface area contributed by atoms with Crippen molar-refractivity contribution in [1.82, 2.24) is 5.32 Å². The van der Waals surface area contributed by atoms with Crippen LogP contribution >= 0.6 is 0 Å². The first-order valence-corrected chi connectivity index (χ1v) is 41.3. The lowest BCUT2D eigenvalue weighted by atomic mass is 10.0. The summed E-state index contributed by atoms with van der Waals surface area (Å²) in [6.07, 6.45) is 104. The largest absolute Gasteiger partial charge is 0.466 e. The summed E-state index contributed by atoms with van der Waals surface area (Å²) in [6, 6.07) is -0.626. The molecule has 2 atom stereocenters. The highest BCUT2D eigenvalue weighted by Crippen LogP contribution is 2.20. The maximum atomic E-state index is 12.5. The van der Waals surface area contributed by atoms with Crippen molar-refractivity contribution >= 4 is 11.9 Å². The number of carbonyl (C=O) groups excluding carboxylic acids is 2. The van der Waals surface area contributed by atoms with E-state index in [1.165, 1.54) is 392 Å². The molecule has 0 aromatic rings. The number of esters is 1. The molecule has 0 saturated carbocycles. The smallest absolute Gasteiger partial charge is 0.305 e. The number of aliphatic hydroxyl groups excluding tert-OH is 2. The summed E-state index contributed by atoms with van der Waals surface area (Å²) in [5, 5.41) is 23.3. The summed E-state index contributed by atoms with van der Waals surface area (Å²) >= 11 is 0. The van der Waals surface area contributed by atoms with Crippen molar-refractivity contribution in [3.8, 4) is 0 Å². The molecule has 0 rings (SSSR count). The van der Waals surface area contributed by atoms with Crippen LogP contribution in [0.2, 0.25) is 0 Å². The van der Waals surface area contributed by atoms with Crippen LogP contribution in [0.4, 0.5) is 0 Å². The Labute approximate surface area is 564 Å². The second-order valence-electron chi connectivity index (χ2n) is 28.4. The highest BCUT2D eigenvalue weighted by molar-refractivity contribution is 5.76. The third kappa shape index (κ3) is 75.1. The zero-order valence-corrected chi connectivity index (χ0v) is 61.1. The Morgan fingerprint density at radius 3 is 0.789 bits per heavy atom. The van der Waals surface area contributed by atoms with Crippen molar-refractivity contribution in [2.45, 2.75) is 475 Å². The topological polar surface area (TPSA) is 95.9 Å². The van der Waals surface area contributed by atoms with Gasteiger partial charge in [0.25, 0.3) is 0 Å². The lowest BCUT2D eigenvalue weighted by Gasteiger charge is -2.20. The second-order valence-corrected chi connectivity index (χ2v) is 28.4. The van der Waals surface area contributed by atoms with Gasteiger partial charge < -0.3 is 20.3 Å². The lowest BCUT2D eigenvalue weighted by Crippen LogP contribution is -2.45. The zero-order chi connectivity index (χ0) is 64.9. The van der Waals surface area contributed by atoms with E-state index in [1.807, 2.05) is 6.08 Å². The van der Waals surface area contributed by atoms with E-state index in [-0.39, 0.29) is 18.5 Å². The standard InChI is InChI=1S/C84H161NO5/c1-3-5-7-9-11-13-15-17-19-21-23-41-44-48-52-56-60-64-68-72-76-82(87)81(80-86)85-83(88)77-73-69-65-61-57-53-49-45-42-39-37-35-33-31-29-27-25-24-26-28-30-32-34-36-38-40-43-47-51-55-59-63-67-71-75-79-90-84(89)78-74-70-66-62-58-54-50-46-22-20-18-16-14-12-10-8-6-4-2/h20,22,26,28,72,76,81-82,86-87H,3-19,21,23-25,27,29-71,73-75,77-80H2,1-2H3,(H,85,88)/b22-20-,28-26-,76-72+. The number of unbranched alkanes of at least 4 members (excludes halogenated alkanes) is 63. The summed E-state index contributed by atoms with van der Waals surface area (Å²) < 4.78 is 5.51. The molecule has 0 aromatic carbocycles. The molecular formula is C84H161NO5.